The summed E-state index contributed by atoms with van der Waals surface area (Å²) < 4.78 is 35.5. The minimum Gasteiger partial charge on any atom is -0.456 e. The molecule has 1 N–H and O–H groups in total. The van der Waals surface area contributed by atoms with Crippen LogP contribution in [0, 0.1) is 29.6 Å². The van der Waals surface area contributed by atoms with Gasteiger partial charge in [0.05, 0.1) is 6.10 Å². The first-order valence-corrected chi connectivity index (χ1v) is 18.2. The topological polar surface area (TPSA) is 150 Å². The molecule has 13 nitrogen and oxygen atoms in total. The number of allylic oxidation sites excluding steroid dienone is 3. The second-order valence-electron chi connectivity index (χ2n) is 15.0. The van der Waals surface area contributed by atoms with Crippen molar-refractivity contribution in [3.05, 3.63) is 47.6 Å². The Morgan fingerprint density at radius 2 is 1.86 bits per heavy atom. The maximum atomic E-state index is 13.7. The average Bonchev–Trinajstić information content (AvgIpc) is 3.71. The number of nitrogens with zero attached hydrogens (tertiary/aromatic N) is 2. The van der Waals surface area contributed by atoms with Crippen molar-refractivity contribution < 1.29 is 52.7 Å². The van der Waals surface area contributed by atoms with Crippen LogP contribution in [-0.4, -0.2) is 134 Å². The minimum absolute atomic E-state index is 0.0543. The van der Waals surface area contributed by atoms with Gasteiger partial charge in [-0.2, -0.15) is 0 Å². The summed E-state index contributed by atoms with van der Waals surface area (Å²) in [6, 6.07) is 0. The number of methoxy groups -OCH3 is 1. The normalized spacial score (nSPS) is 39.5. The average molecular weight is 713 g/mol. The highest BCUT2D eigenvalue weighted by Gasteiger charge is 2.69. The first-order valence-electron chi connectivity index (χ1n) is 18.2. The molecule has 0 amide bonds. The lowest BCUT2D eigenvalue weighted by Gasteiger charge is -2.49. The second-order valence-corrected chi connectivity index (χ2v) is 15.0. The van der Waals surface area contributed by atoms with Crippen molar-refractivity contribution in [1.82, 2.24) is 9.80 Å². The Morgan fingerprint density at radius 1 is 1.12 bits per heavy atom. The van der Waals surface area contributed by atoms with E-state index in [0.717, 1.165) is 31.8 Å². The Bertz CT molecular complexity index is 1480. The third-order valence-corrected chi connectivity index (χ3v) is 11.8. The fourth-order valence-corrected chi connectivity index (χ4v) is 8.97. The van der Waals surface area contributed by atoms with Gasteiger partial charge < -0.3 is 38.4 Å². The predicted molar refractivity (Wildman–Crippen MR) is 183 cm³/mol. The Morgan fingerprint density at radius 3 is 2.55 bits per heavy atom. The molecule has 3 aliphatic carbocycles. The molecule has 3 heterocycles. The van der Waals surface area contributed by atoms with Crippen LogP contribution in [0.1, 0.15) is 40.5 Å². The number of aliphatic hydroxyl groups is 1. The molecule has 4 bridgehead atoms. The van der Waals surface area contributed by atoms with Crippen molar-refractivity contribution >= 4 is 23.9 Å². The molecule has 51 heavy (non-hydrogen) atoms. The van der Waals surface area contributed by atoms with E-state index in [0.29, 0.717) is 18.5 Å². The van der Waals surface area contributed by atoms with Crippen molar-refractivity contribution in [3.63, 3.8) is 0 Å². The highest BCUT2D eigenvalue weighted by Crippen LogP contribution is 2.61. The number of carbonyl (C=O) groups is 4. The summed E-state index contributed by atoms with van der Waals surface area (Å²) in [5.74, 6) is -5.30. The van der Waals surface area contributed by atoms with Crippen molar-refractivity contribution in [2.24, 2.45) is 29.6 Å². The maximum absolute atomic E-state index is 13.7. The molecule has 1 saturated carbocycles. The van der Waals surface area contributed by atoms with Gasteiger partial charge in [0.2, 0.25) is 0 Å². The molecule has 1 spiro atoms. The van der Waals surface area contributed by atoms with E-state index in [-0.39, 0.29) is 30.8 Å². The third kappa shape index (κ3) is 7.20. The number of piperazine rings is 1. The fraction of sp³-hybridized carbons (Fsp3) is 0.684. The lowest BCUT2D eigenvalue weighted by atomic mass is 9.57. The number of cyclic esters (lactones) is 1. The second kappa shape index (κ2) is 15.3. The standard InChI is InChI=1S/C38H52N2O11/c1-21-19-22(2)38-26(11-12-27-29(38)30(41)23(3)32(33(27)51-38)50-34(42)25-9-7-8-10-25)20-28(46-6)35(43)49-31(21)24(4)48-37(45)36(44)47-18-17-40-15-13-39(5)14-16-40/h7-9,11-12,19,21,23-24,26-33,41H,10,13-18,20H2,1-6H3/b22-19+/t21-,23-,24-,26-,27?,28+,29?,30?,31+,32-,33-,38+/m1/s1. The van der Waals surface area contributed by atoms with E-state index in [9.17, 15) is 24.3 Å². The summed E-state index contributed by atoms with van der Waals surface area (Å²) in [6.07, 6.45) is 6.98. The molecule has 3 unspecified atom stereocenters. The maximum Gasteiger partial charge on any atom is 0.417 e. The number of likely N-dealkylation sites (N-methyl/N-ethyl adjacent to an activating group) is 1. The zero-order chi connectivity index (χ0) is 36.6. The number of hydrogen-bond acceptors (Lipinski definition) is 13. The molecule has 280 valence electrons. The van der Waals surface area contributed by atoms with Gasteiger partial charge >= 0.3 is 23.9 Å². The minimum atomic E-state index is -1.17. The van der Waals surface area contributed by atoms with Gasteiger partial charge in [-0.05, 0) is 39.3 Å². The van der Waals surface area contributed by atoms with Gasteiger partial charge in [0.25, 0.3) is 0 Å². The zero-order valence-electron chi connectivity index (χ0n) is 30.4. The van der Waals surface area contributed by atoms with Gasteiger partial charge in [0, 0.05) is 75.0 Å². The third-order valence-electron chi connectivity index (χ3n) is 11.8. The van der Waals surface area contributed by atoms with E-state index in [2.05, 4.69) is 16.8 Å². The first-order chi connectivity index (χ1) is 24.3. The zero-order valence-corrected chi connectivity index (χ0v) is 30.4. The van der Waals surface area contributed by atoms with Crippen LogP contribution in [-0.2, 0) is 47.6 Å². The van der Waals surface area contributed by atoms with Crippen molar-refractivity contribution in [3.8, 4) is 0 Å². The van der Waals surface area contributed by atoms with Crippen LogP contribution in [0.5, 0.6) is 0 Å². The Kier molecular flexibility index (Phi) is 11.2. The van der Waals surface area contributed by atoms with Gasteiger partial charge in [-0.1, -0.05) is 50.3 Å². The van der Waals surface area contributed by atoms with Gasteiger partial charge in [-0.15, -0.1) is 0 Å². The summed E-state index contributed by atoms with van der Waals surface area (Å²) in [6.45, 7) is 11.3. The van der Waals surface area contributed by atoms with Gasteiger partial charge in [0.15, 0.2) is 6.10 Å². The summed E-state index contributed by atoms with van der Waals surface area (Å²) in [7, 11) is 3.48. The highest BCUT2D eigenvalue weighted by molar-refractivity contribution is 6.29. The predicted octanol–water partition coefficient (Wildman–Crippen LogP) is 1.99. The van der Waals surface area contributed by atoms with Crippen LogP contribution in [0.25, 0.3) is 0 Å². The summed E-state index contributed by atoms with van der Waals surface area (Å²) in [5.41, 5.74) is 0.312. The number of aliphatic hydroxyl groups excluding tert-OH is 1. The van der Waals surface area contributed by atoms with Crippen molar-refractivity contribution in [2.45, 2.75) is 82.8 Å². The fourth-order valence-electron chi connectivity index (χ4n) is 8.97. The lowest BCUT2D eigenvalue weighted by molar-refractivity contribution is -0.184. The van der Waals surface area contributed by atoms with Gasteiger partial charge in [-0.3, -0.25) is 4.90 Å². The van der Waals surface area contributed by atoms with Crippen LogP contribution in [0.15, 0.2) is 47.6 Å². The smallest absolute Gasteiger partial charge is 0.417 e. The van der Waals surface area contributed by atoms with E-state index in [1.165, 1.54) is 7.11 Å². The summed E-state index contributed by atoms with van der Waals surface area (Å²) in [4.78, 5) is 56.6. The van der Waals surface area contributed by atoms with E-state index in [4.69, 9.17) is 28.4 Å². The first kappa shape index (κ1) is 37.4. The molecule has 6 aliphatic rings. The van der Waals surface area contributed by atoms with Gasteiger partial charge in [0.1, 0.15) is 36.6 Å². The van der Waals surface area contributed by atoms with Crippen LogP contribution < -0.4 is 0 Å². The summed E-state index contributed by atoms with van der Waals surface area (Å²) in [5, 5.41) is 11.9. The monoisotopic (exact) mass is 712 g/mol. The quantitative estimate of drug-likeness (QED) is 0.169. The number of esters is 4. The molecule has 3 fully saturated rings. The van der Waals surface area contributed by atoms with Crippen LogP contribution >= 0.6 is 0 Å². The van der Waals surface area contributed by atoms with Gasteiger partial charge in [-0.25, -0.2) is 19.2 Å². The van der Waals surface area contributed by atoms with Crippen LogP contribution in [0.3, 0.4) is 0 Å². The van der Waals surface area contributed by atoms with E-state index >= 15 is 0 Å². The molecule has 3 aliphatic heterocycles. The largest absolute Gasteiger partial charge is 0.456 e. The van der Waals surface area contributed by atoms with E-state index in [1.807, 2.05) is 51.2 Å². The van der Waals surface area contributed by atoms with E-state index < -0.39 is 77.9 Å². The lowest BCUT2D eigenvalue weighted by Crippen LogP contribution is -2.57. The number of ether oxygens (including phenoxy) is 6. The molecule has 13 heteroatoms. The van der Waals surface area contributed by atoms with Crippen molar-refractivity contribution in [1.29, 1.82) is 0 Å². The molecule has 0 aromatic heterocycles. The molecule has 2 saturated heterocycles. The molecule has 0 aromatic carbocycles. The number of rotatable bonds is 8. The Balaban J connectivity index is 1.21. The van der Waals surface area contributed by atoms with Crippen molar-refractivity contribution in [2.75, 3.05) is 53.5 Å². The molecular weight excluding hydrogens is 660 g/mol. The molecule has 12 atom stereocenters. The van der Waals surface area contributed by atoms with Crippen LogP contribution in [0.4, 0.5) is 0 Å². The molecule has 0 radical (unpaired) electrons. The Labute approximate surface area is 299 Å². The highest BCUT2D eigenvalue weighted by atomic mass is 16.6. The summed E-state index contributed by atoms with van der Waals surface area (Å²) >= 11 is 0. The van der Waals surface area contributed by atoms with Crippen LogP contribution in [0.2, 0.25) is 0 Å². The Hall–Kier alpha value is -3.36. The van der Waals surface area contributed by atoms with E-state index in [1.54, 1.807) is 13.0 Å². The molecule has 6 rings (SSSR count). The number of carbonyl (C=O) groups excluding carboxylic acids is 4. The SMILES string of the molecule is CO[C@H]1C[C@H]2C=CC3C4C(O)[C@@H](C)[C@@H](OC(=O)C5=CC=CC5)[C@@H]3O[C@]42/C(C)=C/[C@@H](C)[C@@H]([C@@H](C)OC(=O)C(=O)OCCN2CCN(C)CC2)OC1=O. The molecular formula is C38H52N2O11. The molecule has 0 aromatic rings. The number of hydrogen-bond donors (Lipinski definition) is 1.